The average molecular weight is 326 g/mol. The quantitative estimate of drug-likeness (QED) is 0.467. The van der Waals surface area contributed by atoms with Crippen LogP contribution in [-0.4, -0.2) is 37.7 Å². The molecule has 0 atom stereocenters. The van der Waals surface area contributed by atoms with Crippen molar-refractivity contribution < 1.29 is 18.1 Å². The summed E-state index contributed by atoms with van der Waals surface area (Å²) in [7, 11) is -3.06. The molecule has 8 heteroatoms. The number of benzene rings is 1. The van der Waals surface area contributed by atoms with Crippen LogP contribution in [0.1, 0.15) is 30.1 Å². The van der Waals surface area contributed by atoms with E-state index in [1.807, 2.05) is 0 Å². The van der Waals surface area contributed by atoms with Crippen molar-refractivity contribution in [3.05, 3.63) is 33.9 Å². The molecule has 0 radical (unpaired) electrons. The molecule has 22 heavy (non-hydrogen) atoms. The molecular formula is C14H18N2O5S. The first-order valence-electron chi connectivity index (χ1n) is 6.83. The van der Waals surface area contributed by atoms with Crippen molar-refractivity contribution in [2.45, 2.75) is 19.8 Å². The number of anilines is 1. The van der Waals surface area contributed by atoms with Crippen LogP contribution in [0, 0.1) is 15.5 Å². The number of rotatable bonds is 7. The van der Waals surface area contributed by atoms with Crippen LogP contribution < -0.4 is 5.32 Å². The standard InChI is InChI=1S/C14H18N2O5S/c1-10(17)12-7-11(16(18)19)3-4-13(12)15-8-14(5-6-14)9-22(2,20)21/h3-4,7,15H,5-6,8-9H2,1-2H3. The number of carbonyl (C=O) groups is 1. The minimum atomic E-state index is -3.06. The third-order valence-electron chi connectivity index (χ3n) is 3.77. The average Bonchev–Trinajstić information content (AvgIpc) is 3.13. The smallest absolute Gasteiger partial charge is 0.270 e. The van der Waals surface area contributed by atoms with Crippen molar-refractivity contribution in [1.29, 1.82) is 0 Å². The number of sulfone groups is 1. The SMILES string of the molecule is CC(=O)c1cc([N+](=O)[O-])ccc1NCC1(CS(C)(=O)=O)CC1. The topological polar surface area (TPSA) is 106 Å². The van der Waals surface area contributed by atoms with Crippen LogP contribution in [-0.2, 0) is 9.84 Å². The molecule has 1 aliphatic carbocycles. The maximum Gasteiger partial charge on any atom is 0.270 e. The van der Waals surface area contributed by atoms with Gasteiger partial charge < -0.3 is 5.32 Å². The highest BCUT2D eigenvalue weighted by molar-refractivity contribution is 7.90. The van der Waals surface area contributed by atoms with E-state index in [0.717, 1.165) is 12.8 Å². The van der Waals surface area contributed by atoms with Gasteiger partial charge in [0.1, 0.15) is 9.84 Å². The van der Waals surface area contributed by atoms with Crippen molar-refractivity contribution in [2.75, 3.05) is 23.9 Å². The van der Waals surface area contributed by atoms with Crippen LogP contribution in [0.15, 0.2) is 18.2 Å². The summed E-state index contributed by atoms with van der Waals surface area (Å²) >= 11 is 0. The highest BCUT2D eigenvalue weighted by Gasteiger charge is 2.45. The Hall–Kier alpha value is -1.96. The van der Waals surface area contributed by atoms with Crippen LogP contribution in [0.3, 0.4) is 0 Å². The van der Waals surface area contributed by atoms with Gasteiger partial charge in [-0.3, -0.25) is 14.9 Å². The van der Waals surface area contributed by atoms with Gasteiger partial charge in [0.2, 0.25) is 0 Å². The molecule has 0 bridgehead atoms. The van der Waals surface area contributed by atoms with Crippen LogP contribution in [0.4, 0.5) is 11.4 Å². The molecule has 2 rings (SSSR count). The highest BCUT2D eigenvalue weighted by atomic mass is 32.2. The lowest BCUT2D eigenvalue weighted by Gasteiger charge is -2.17. The number of carbonyl (C=O) groups excluding carboxylic acids is 1. The van der Waals surface area contributed by atoms with Gasteiger partial charge in [0, 0.05) is 41.6 Å². The van der Waals surface area contributed by atoms with Gasteiger partial charge in [0.25, 0.3) is 5.69 Å². The summed E-state index contributed by atoms with van der Waals surface area (Å²) in [6.45, 7) is 1.77. The van der Waals surface area contributed by atoms with Gasteiger partial charge in [0.15, 0.2) is 5.78 Å². The predicted molar refractivity (Wildman–Crippen MR) is 83.0 cm³/mol. The lowest BCUT2D eigenvalue weighted by Crippen LogP contribution is -2.24. The van der Waals surface area contributed by atoms with Crippen LogP contribution in [0.25, 0.3) is 0 Å². The fourth-order valence-electron chi connectivity index (χ4n) is 2.48. The molecule has 1 aromatic rings. The zero-order valence-corrected chi connectivity index (χ0v) is 13.3. The molecule has 0 spiro atoms. The molecule has 0 amide bonds. The van der Waals surface area contributed by atoms with E-state index in [-0.39, 0.29) is 28.2 Å². The summed E-state index contributed by atoms with van der Waals surface area (Å²) in [4.78, 5) is 21.9. The van der Waals surface area contributed by atoms with Gasteiger partial charge in [-0.1, -0.05) is 0 Å². The first kappa shape index (κ1) is 16.4. The van der Waals surface area contributed by atoms with Gasteiger partial charge in [-0.05, 0) is 25.8 Å². The molecule has 1 aromatic carbocycles. The van der Waals surface area contributed by atoms with Crippen molar-refractivity contribution in [2.24, 2.45) is 5.41 Å². The summed E-state index contributed by atoms with van der Waals surface area (Å²) in [5.41, 5.74) is 0.305. The molecular weight excluding hydrogens is 308 g/mol. The van der Waals surface area contributed by atoms with Gasteiger partial charge >= 0.3 is 0 Å². The Kier molecular flexibility index (Phi) is 4.23. The molecule has 7 nitrogen and oxygen atoms in total. The van der Waals surface area contributed by atoms with Gasteiger partial charge in [-0.15, -0.1) is 0 Å². The van der Waals surface area contributed by atoms with E-state index in [2.05, 4.69) is 5.32 Å². The number of hydrogen-bond donors (Lipinski definition) is 1. The summed E-state index contributed by atoms with van der Waals surface area (Å²) in [6, 6.07) is 4.05. The Balaban J connectivity index is 2.16. The van der Waals surface area contributed by atoms with E-state index in [1.165, 1.54) is 31.4 Å². The second-order valence-corrected chi connectivity index (χ2v) is 8.11. The number of hydrogen-bond acceptors (Lipinski definition) is 6. The number of Topliss-reactive ketones (excluding diaryl/α,β-unsaturated/α-hetero) is 1. The summed E-state index contributed by atoms with van der Waals surface area (Å²) in [5.74, 6) is -0.172. The summed E-state index contributed by atoms with van der Waals surface area (Å²) < 4.78 is 22.9. The van der Waals surface area contributed by atoms with E-state index in [0.29, 0.717) is 12.2 Å². The second-order valence-electron chi connectivity index (χ2n) is 5.97. The van der Waals surface area contributed by atoms with Crippen molar-refractivity contribution >= 4 is 27.0 Å². The Morgan fingerprint density at radius 3 is 2.50 bits per heavy atom. The Morgan fingerprint density at radius 2 is 2.05 bits per heavy atom. The normalized spacial score (nSPS) is 16.1. The number of nitrogens with zero attached hydrogens (tertiary/aromatic N) is 1. The minimum Gasteiger partial charge on any atom is -0.384 e. The van der Waals surface area contributed by atoms with E-state index < -0.39 is 14.8 Å². The minimum absolute atomic E-state index is 0.107. The van der Waals surface area contributed by atoms with Crippen molar-refractivity contribution in [3.8, 4) is 0 Å². The molecule has 0 heterocycles. The molecule has 0 aromatic heterocycles. The van der Waals surface area contributed by atoms with E-state index in [4.69, 9.17) is 0 Å². The van der Waals surface area contributed by atoms with Crippen molar-refractivity contribution in [1.82, 2.24) is 0 Å². The molecule has 1 saturated carbocycles. The lowest BCUT2D eigenvalue weighted by molar-refractivity contribution is -0.384. The van der Waals surface area contributed by atoms with E-state index in [1.54, 1.807) is 0 Å². The van der Waals surface area contributed by atoms with E-state index >= 15 is 0 Å². The Bertz CT molecular complexity index is 723. The molecule has 120 valence electrons. The molecule has 1 fully saturated rings. The largest absolute Gasteiger partial charge is 0.384 e. The molecule has 1 N–H and O–H groups in total. The lowest BCUT2D eigenvalue weighted by atomic mass is 10.1. The first-order chi connectivity index (χ1) is 10.1. The summed E-state index contributed by atoms with van der Waals surface area (Å²) in [6.07, 6.45) is 2.84. The fraction of sp³-hybridized carbons (Fsp3) is 0.500. The highest BCUT2D eigenvalue weighted by Crippen LogP contribution is 2.46. The first-order valence-corrected chi connectivity index (χ1v) is 8.89. The third-order valence-corrected chi connectivity index (χ3v) is 4.91. The second kappa shape index (κ2) is 5.68. The fourth-order valence-corrected chi connectivity index (χ4v) is 3.98. The van der Waals surface area contributed by atoms with Crippen LogP contribution in [0.5, 0.6) is 0 Å². The monoisotopic (exact) mass is 326 g/mol. The van der Waals surface area contributed by atoms with Crippen LogP contribution >= 0.6 is 0 Å². The zero-order valence-electron chi connectivity index (χ0n) is 12.5. The Morgan fingerprint density at radius 1 is 1.41 bits per heavy atom. The number of non-ortho nitro benzene ring substituents is 1. The maximum atomic E-state index is 11.7. The molecule has 0 unspecified atom stereocenters. The van der Waals surface area contributed by atoms with Gasteiger partial charge in [0.05, 0.1) is 10.7 Å². The third kappa shape index (κ3) is 4.03. The molecule has 0 saturated heterocycles. The zero-order chi connectivity index (χ0) is 16.5. The molecule has 0 aliphatic heterocycles. The van der Waals surface area contributed by atoms with Crippen molar-refractivity contribution in [3.63, 3.8) is 0 Å². The molecule has 1 aliphatic rings. The number of ketones is 1. The van der Waals surface area contributed by atoms with Gasteiger partial charge in [-0.2, -0.15) is 0 Å². The van der Waals surface area contributed by atoms with Gasteiger partial charge in [-0.25, -0.2) is 8.42 Å². The predicted octanol–water partition coefficient (Wildman–Crippen LogP) is 2.03. The number of nitro groups is 1. The van der Waals surface area contributed by atoms with Crippen LogP contribution in [0.2, 0.25) is 0 Å². The summed E-state index contributed by atoms with van der Waals surface area (Å²) in [5, 5.41) is 13.9. The maximum absolute atomic E-state index is 11.7. The number of nitro benzene ring substituents is 1. The Labute approximate surface area is 128 Å². The number of nitrogens with one attached hydrogen (secondary N) is 1. The van der Waals surface area contributed by atoms with E-state index in [9.17, 15) is 23.3 Å².